The fraction of sp³-hybridized carbons (Fsp3) is 0.375. The van der Waals surface area contributed by atoms with E-state index in [0.717, 1.165) is 23.3 Å². The summed E-state index contributed by atoms with van der Waals surface area (Å²) in [4.78, 5) is 28.9. The third-order valence-corrected chi connectivity index (χ3v) is 2.62. The second-order valence-corrected chi connectivity index (χ2v) is 5.87. The van der Waals surface area contributed by atoms with Crippen LogP contribution < -0.4 is 5.32 Å². The van der Waals surface area contributed by atoms with Crippen LogP contribution in [0.5, 0.6) is 0 Å². The fourth-order valence-corrected chi connectivity index (χ4v) is 1.64. The van der Waals surface area contributed by atoms with E-state index in [0.29, 0.717) is 6.07 Å². The van der Waals surface area contributed by atoms with Crippen LogP contribution in [-0.4, -0.2) is 36.8 Å². The Bertz CT molecular complexity index is 634. The monoisotopic (exact) mass is 342 g/mol. The Kier molecular flexibility index (Phi) is 6.42. The molecule has 0 radical (unpaired) electrons. The Labute approximate surface area is 139 Å². The van der Waals surface area contributed by atoms with Gasteiger partial charge in [-0.25, -0.2) is 18.6 Å². The number of rotatable bonds is 4. The molecule has 0 aliphatic carbocycles. The fourth-order valence-electron chi connectivity index (χ4n) is 1.64. The standard InChI is InChI=1S/C16H20F2N2O4/c1-16(2,3)24-15(22)19-13(14(21)20(4)23-5)8-10-6-11(17)9-12(18)7-10/h6-9H,1-5H3,(H,19,22)/b13-8+. The van der Waals surface area contributed by atoms with E-state index >= 15 is 0 Å². The van der Waals surface area contributed by atoms with Crippen LogP contribution in [0.1, 0.15) is 26.3 Å². The van der Waals surface area contributed by atoms with E-state index in [2.05, 4.69) is 5.32 Å². The van der Waals surface area contributed by atoms with E-state index < -0.39 is 29.2 Å². The van der Waals surface area contributed by atoms with E-state index in [-0.39, 0.29) is 11.3 Å². The highest BCUT2D eigenvalue weighted by molar-refractivity contribution is 5.99. The molecule has 0 fully saturated rings. The number of carbonyl (C=O) groups is 2. The van der Waals surface area contributed by atoms with Gasteiger partial charge in [0.15, 0.2) is 0 Å². The number of benzene rings is 1. The highest BCUT2D eigenvalue weighted by atomic mass is 19.1. The maximum Gasteiger partial charge on any atom is 0.412 e. The van der Waals surface area contributed by atoms with Crippen LogP contribution in [0.15, 0.2) is 23.9 Å². The van der Waals surface area contributed by atoms with Crippen molar-refractivity contribution in [2.75, 3.05) is 14.2 Å². The highest BCUT2D eigenvalue weighted by Crippen LogP contribution is 2.13. The number of halogens is 2. The summed E-state index contributed by atoms with van der Waals surface area (Å²) in [7, 11) is 2.57. The predicted octanol–water partition coefficient (Wildman–Crippen LogP) is 2.85. The number of nitrogens with zero attached hydrogens (tertiary/aromatic N) is 1. The molecule has 2 amide bonds. The molecule has 0 aromatic heterocycles. The minimum Gasteiger partial charge on any atom is -0.444 e. The van der Waals surface area contributed by atoms with Gasteiger partial charge in [-0.2, -0.15) is 0 Å². The lowest BCUT2D eigenvalue weighted by Gasteiger charge is -2.21. The van der Waals surface area contributed by atoms with E-state index in [1.807, 2.05) is 0 Å². The summed E-state index contributed by atoms with van der Waals surface area (Å²) in [5.41, 5.74) is -0.994. The van der Waals surface area contributed by atoms with Gasteiger partial charge in [0.25, 0.3) is 5.91 Å². The largest absolute Gasteiger partial charge is 0.444 e. The van der Waals surface area contributed by atoms with Crippen LogP contribution in [0.3, 0.4) is 0 Å². The molecule has 0 atom stereocenters. The molecule has 0 saturated carbocycles. The minimum atomic E-state index is -0.886. The average molecular weight is 342 g/mol. The lowest BCUT2D eigenvalue weighted by atomic mass is 10.1. The molecule has 1 rings (SSSR count). The lowest BCUT2D eigenvalue weighted by Crippen LogP contribution is -2.38. The molecule has 8 heteroatoms. The van der Waals surface area contributed by atoms with Crippen molar-refractivity contribution in [3.05, 3.63) is 41.1 Å². The molecule has 0 spiro atoms. The third kappa shape index (κ3) is 6.33. The zero-order valence-electron chi connectivity index (χ0n) is 14.1. The number of hydrogen-bond acceptors (Lipinski definition) is 4. The maximum absolute atomic E-state index is 13.3. The van der Waals surface area contributed by atoms with Crippen LogP contribution in [0.25, 0.3) is 6.08 Å². The molecule has 1 aromatic rings. The molecule has 0 saturated heterocycles. The Balaban J connectivity index is 3.15. The van der Waals surface area contributed by atoms with Gasteiger partial charge in [0.05, 0.1) is 7.11 Å². The van der Waals surface area contributed by atoms with Crippen LogP contribution >= 0.6 is 0 Å². The Morgan fingerprint density at radius 3 is 2.17 bits per heavy atom. The van der Waals surface area contributed by atoms with Crippen LogP contribution in [0.2, 0.25) is 0 Å². The molecule has 6 nitrogen and oxygen atoms in total. The van der Waals surface area contributed by atoms with Crippen LogP contribution in [0, 0.1) is 11.6 Å². The molecule has 0 aliphatic heterocycles. The summed E-state index contributed by atoms with van der Waals surface area (Å²) < 4.78 is 31.6. The van der Waals surface area contributed by atoms with Crippen molar-refractivity contribution in [3.63, 3.8) is 0 Å². The number of nitrogens with one attached hydrogen (secondary N) is 1. The highest BCUT2D eigenvalue weighted by Gasteiger charge is 2.22. The summed E-state index contributed by atoms with van der Waals surface area (Å²) in [6.07, 6.45) is 0.233. The molecule has 0 aliphatic rings. The molecule has 1 aromatic carbocycles. The first-order chi connectivity index (χ1) is 11.0. The Morgan fingerprint density at radius 1 is 1.17 bits per heavy atom. The minimum absolute atomic E-state index is 0.0522. The Hall–Kier alpha value is -2.48. The maximum atomic E-state index is 13.3. The molecular formula is C16H20F2N2O4. The van der Waals surface area contributed by atoms with E-state index in [4.69, 9.17) is 9.57 Å². The zero-order valence-corrected chi connectivity index (χ0v) is 14.1. The normalized spacial score (nSPS) is 11.9. The van der Waals surface area contributed by atoms with Gasteiger partial charge in [0, 0.05) is 13.1 Å². The predicted molar refractivity (Wildman–Crippen MR) is 83.5 cm³/mol. The number of likely N-dealkylation sites (N-methyl/N-ethyl adjacent to an activating group) is 1. The van der Waals surface area contributed by atoms with Crippen molar-refractivity contribution in [2.45, 2.75) is 26.4 Å². The van der Waals surface area contributed by atoms with E-state index in [1.54, 1.807) is 20.8 Å². The Morgan fingerprint density at radius 2 is 1.71 bits per heavy atom. The summed E-state index contributed by atoms with van der Waals surface area (Å²) in [6, 6.07) is 2.72. The second kappa shape index (κ2) is 7.87. The van der Waals surface area contributed by atoms with Gasteiger partial charge in [-0.1, -0.05) is 0 Å². The number of hydroxylamine groups is 2. The first-order valence-corrected chi connectivity index (χ1v) is 7.02. The molecule has 0 unspecified atom stereocenters. The first kappa shape index (κ1) is 19.6. The lowest BCUT2D eigenvalue weighted by molar-refractivity contribution is -0.164. The van der Waals surface area contributed by atoms with E-state index in [9.17, 15) is 18.4 Å². The topological polar surface area (TPSA) is 67.9 Å². The van der Waals surface area contributed by atoms with Crippen LogP contribution in [-0.2, 0) is 14.4 Å². The summed E-state index contributed by atoms with van der Waals surface area (Å²) in [6.45, 7) is 4.96. The van der Waals surface area contributed by atoms with Crippen molar-refractivity contribution in [3.8, 4) is 0 Å². The molecule has 0 heterocycles. The van der Waals surface area contributed by atoms with Gasteiger partial charge in [0.1, 0.15) is 22.9 Å². The number of hydrogen-bond donors (Lipinski definition) is 1. The number of amides is 2. The second-order valence-electron chi connectivity index (χ2n) is 5.87. The van der Waals surface area contributed by atoms with Crippen LogP contribution in [0.4, 0.5) is 13.6 Å². The number of carbonyl (C=O) groups excluding carboxylic acids is 2. The molecular weight excluding hydrogens is 322 g/mol. The molecule has 132 valence electrons. The van der Waals surface area contributed by atoms with Crippen molar-refractivity contribution < 1.29 is 27.9 Å². The SMILES string of the molecule is CON(C)C(=O)/C(=C\c1cc(F)cc(F)c1)NC(=O)OC(C)(C)C. The smallest absolute Gasteiger partial charge is 0.412 e. The zero-order chi connectivity index (χ0) is 18.5. The average Bonchev–Trinajstić information content (AvgIpc) is 2.41. The number of ether oxygens (including phenoxy) is 1. The third-order valence-electron chi connectivity index (χ3n) is 2.62. The molecule has 24 heavy (non-hydrogen) atoms. The van der Waals surface area contributed by atoms with Crippen molar-refractivity contribution in [1.82, 2.24) is 10.4 Å². The quantitative estimate of drug-likeness (QED) is 0.675. The van der Waals surface area contributed by atoms with Crippen molar-refractivity contribution in [1.29, 1.82) is 0 Å². The molecule has 1 N–H and O–H groups in total. The van der Waals surface area contributed by atoms with E-state index in [1.165, 1.54) is 14.2 Å². The molecule has 0 bridgehead atoms. The van der Waals surface area contributed by atoms with Gasteiger partial charge < -0.3 is 4.74 Å². The summed E-state index contributed by atoms with van der Waals surface area (Å²) in [5, 5.41) is 3.11. The van der Waals surface area contributed by atoms with Gasteiger partial charge in [0.2, 0.25) is 0 Å². The first-order valence-electron chi connectivity index (χ1n) is 7.02. The van der Waals surface area contributed by atoms with Gasteiger partial charge in [-0.15, -0.1) is 0 Å². The van der Waals surface area contributed by atoms with Gasteiger partial charge in [-0.05, 0) is 44.5 Å². The number of alkyl carbamates (subject to hydrolysis) is 1. The van der Waals surface area contributed by atoms with Crippen molar-refractivity contribution in [2.24, 2.45) is 0 Å². The summed E-state index contributed by atoms with van der Waals surface area (Å²) >= 11 is 0. The van der Waals surface area contributed by atoms with Gasteiger partial charge >= 0.3 is 6.09 Å². The summed E-state index contributed by atoms with van der Waals surface area (Å²) in [5.74, 6) is -2.36. The van der Waals surface area contributed by atoms with Crippen molar-refractivity contribution >= 4 is 18.1 Å². The van der Waals surface area contributed by atoms with Gasteiger partial charge in [-0.3, -0.25) is 14.9 Å².